The summed E-state index contributed by atoms with van der Waals surface area (Å²) in [6.07, 6.45) is 4.86. The van der Waals surface area contributed by atoms with Crippen LogP contribution in [-0.2, 0) is 0 Å². The maximum absolute atomic E-state index is 13.3. The van der Waals surface area contributed by atoms with Gasteiger partial charge in [0, 0.05) is 24.1 Å². The minimum absolute atomic E-state index is 0.257. The van der Waals surface area contributed by atoms with Crippen LogP contribution in [0.4, 0.5) is 0 Å². The van der Waals surface area contributed by atoms with E-state index >= 15 is 0 Å². The molecule has 1 saturated carbocycles. The molecule has 3 nitrogen and oxygen atoms in total. The largest absolute Gasteiger partial charge is 0.497 e. The second-order valence-electron chi connectivity index (χ2n) is 8.10. The zero-order valence-electron chi connectivity index (χ0n) is 15.3. The fraction of sp³-hybridized carbons (Fsp3) is 0.500. The molecule has 2 aromatic carbocycles. The van der Waals surface area contributed by atoms with E-state index in [2.05, 4.69) is 11.8 Å². The van der Waals surface area contributed by atoms with Gasteiger partial charge in [0.25, 0.3) is 0 Å². The third-order valence-corrected chi connectivity index (χ3v) is 5.85. The number of fused-ring (bicyclic) bond motifs is 1. The summed E-state index contributed by atoms with van der Waals surface area (Å²) in [5.41, 5.74) is 0.584. The Hall–Kier alpha value is -1.87. The standard InChI is InChI=1S/C22H27NO2/c1-22(10-3-11-23(15-22)14-16-4-5-16)21(24)19-7-6-18-13-20(25-2)9-8-17(18)12-19/h6-9,12-13,16H,3-5,10-11,14-15H2,1-2H3/t22-/m1/s1. The predicted molar refractivity (Wildman–Crippen MR) is 101 cm³/mol. The maximum Gasteiger partial charge on any atom is 0.170 e. The molecule has 0 N–H and O–H groups in total. The summed E-state index contributed by atoms with van der Waals surface area (Å²) in [5, 5.41) is 2.21. The highest BCUT2D eigenvalue weighted by Crippen LogP contribution is 2.37. The average molecular weight is 337 g/mol. The first-order chi connectivity index (χ1) is 12.1. The first-order valence-corrected chi connectivity index (χ1v) is 9.42. The number of nitrogens with zero attached hydrogens (tertiary/aromatic N) is 1. The van der Waals surface area contributed by atoms with E-state index < -0.39 is 0 Å². The van der Waals surface area contributed by atoms with E-state index in [0.717, 1.165) is 53.9 Å². The van der Waals surface area contributed by atoms with E-state index in [1.807, 2.05) is 36.4 Å². The van der Waals surface area contributed by atoms with Crippen LogP contribution in [0.2, 0.25) is 0 Å². The molecule has 1 heterocycles. The number of piperidine rings is 1. The van der Waals surface area contributed by atoms with Crippen LogP contribution in [0.25, 0.3) is 10.8 Å². The van der Waals surface area contributed by atoms with E-state index in [1.165, 1.54) is 19.4 Å². The fourth-order valence-electron chi connectivity index (χ4n) is 4.19. The molecule has 0 aromatic heterocycles. The van der Waals surface area contributed by atoms with Crippen molar-refractivity contribution in [1.29, 1.82) is 0 Å². The summed E-state index contributed by atoms with van der Waals surface area (Å²) in [7, 11) is 1.68. The van der Waals surface area contributed by atoms with Gasteiger partial charge in [-0.05, 0) is 67.1 Å². The van der Waals surface area contributed by atoms with Crippen LogP contribution in [0.1, 0.15) is 43.0 Å². The number of ketones is 1. The molecule has 1 saturated heterocycles. The number of Topliss-reactive ketones (excluding diaryl/α,β-unsaturated/α-hetero) is 1. The highest BCUT2D eigenvalue weighted by Gasteiger charge is 2.39. The Morgan fingerprint density at radius 1 is 1.20 bits per heavy atom. The van der Waals surface area contributed by atoms with Crippen LogP contribution in [0.15, 0.2) is 36.4 Å². The summed E-state index contributed by atoms with van der Waals surface area (Å²) >= 11 is 0. The van der Waals surface area contributed by atoms with Crippen molar-refractivity contribution in [2.45, 2.75) is 32.6 Å². The van der Waals surface area contributed by atoms with Crippen molar-refractivity contribution in [3.8, 4) is 5.75 Å². The normalized spacial score (nSPS) is 24.4. The first-order valence-electron chi connectivity index (χ1n) is 9.42. The number of benzene rings is 2. The Morgan fingerprint density at radius 2 is 1.96 bits per heavy atom. The summed E-state index contributed by atoms with van der Waals surface area (Å²) in [4.78, 5) is 15.8. The molecule has 1 atom stereocenters. The van der Waals surface area contributed by atoms with Crippen LogP contribution >= 0.6 is 0 Å². The molecule has 0 radical (unpaired) electrons. The predicted octanol–water partition coefficient (Wildman–Crippen LogP) is 4.54. The summed E-state index contributed by atoms with van der Waals surface area (Å²) < 4.78 is 5.29. The second-order valence-corrected chi connectivity index (χ2v) is 8.10. The Morgan fingerprint density at radius 3 is 2.72 bits per heavy atom. The highest BCUT2D eigenvalue weighted by molar-refractivity contribution is 6.03. The van der Waals surface area contributed by atoms with Crippen molar-refractivity contribution < 1.29 is 9.53 Å². The van der Waals surface area contributed by atoms with Crippen molar-refractivity contribution >= 4 is 16.6 Å². The van der Waals surface area contributed by atoms with Crippen molar-refractivity contribution in [1.82, 2.24) is 4.90 Å². The number of ether oxygens (including phenoxy) is 1. The number of hydrogen-bond acceptors (Lipinski definition) is 3. The van der Waals surface area contributed by atoms with Crippen LogP contribution in [-0.4, -0.2) is 37.4 Å². The Bertz CT molecular complexity index is 796. The smallest absolute Gasteiger partial charge is 0.170 e. The van der Waals surface area contributed by atoms with E-state index in [4.69, 9.17) is 4.74 Å². The van der Waals surface area contributed by atoms with Gasteiger partial charge >= 0.3 is 0 Å². The van der Waals surface area contributed by atoms with Crippen LogP contribution in [0.5, 0.6) is 5.75 Å². The lowest BCUT2D eigenvalue weighted by molar-refractivity contribution is 0.0590. The zero-order chi connectivity index (χ0) is 17.4. The van der Waals surface area contributed by atoms with E-state index in [-0.39, 0.29) is 5.41 Å². The molecule has 0 spiro atoms. The van der Waals surface area contributed by atoms with Gasteiger partial charge in [0.15, 0.2) is 5.78 Å². The average Bonchev–Trinajstić information content (AvgIpc) is 3.44. The van der Waals surface area contributed by atoms with E-state index in [1.54, 1.807) is 7.11 Å². The molecule has 25 heavy (non-hydrogen) atoms. The molecule has 3 heteroatoms. The van der Waals surface area contributed by atoms with Crippen molar-refractivity contribution in [2.75, 3.05) is 26.7 Å². The van der Waals surface area contributed by atoms with E-state index in [0.29, 0.717) is 5.78 Å². The summed E-state index contributed by atoms with van der Waals surface area (Å²) in [6.45, 7) is 5.40. The maximum atomic E-state index is 13.3. The van der Waals surface area contributed by atoms with Crippen LogP contribution in [0.3, 0.4) is 0 Å². The number of carbonyl (C=O) groups excluding carboxylic acids is 1. The van der Waals surface area contributed by atoms with Crippen molar-refractivity contribution in [3.05, 3.63) is 42.0 Å². The molecule has 0 unspecified atom stereocenters. The van der Waals surface area contributed by atoms with Gasteiger partial charge in [-0.25, -0.2) is 0 Å². The number of rotatable bonds is 5. The monoisotopic (exact) mass is 337 g/mol. The Balaban J connectivity index is 1.57. The summed E-state index contributed by atoms with van der Waals surface area (Å²) in [6, 6.07) is 12.1. The lowest BCUT2D eigenvalue weighted by atomic mass is 9.75. The second kappa shape index (κ2) is 6.45. The minimum atomic E-state index is -0.257. The molecule has 2 fully saturated rings. The van der Waals surface area contributed by atoms with Gasteiger partial charge in [-0.15, -0.1) is 0 Å². The lowest BCUT2D eigenvalue weighted by Gasteiger charge is -2.39. The van der Waals surface area contributed by atoms with Gasteiger partial charge in [-0.2, -0.15) is 0 Å². The van der Waals surface area contributed by atoms with Gasteiger partial charge in [0.2, 0.25) is 0 Å². The van der Waals surface area contributed by atoms with Crippen LogP contribution < -0.4 is 4.74 Å². The molecule has 132 valence electrons. The highest BCUT2D eigenvalue weighted by atomic mass is 16.5. The van der Waals surface area contributed by atoms with Crippen molar-refractivity contribution in [3.63, 3.8) is 0 Å². The topological polar surface area (TPSA) is 29.5 Å². The summed E-state index contributed by atoms with van der Waals surface area (Å²) in [5.74, 6) is 2.03. The molecule has 2 aromatic rings. The molecule has 1 aliphatic carbocycles. The van der Waals surface area contributed by atoms with Crippen molar-refractivity contribution in [2.24, 2.45) is 11.3 Å². The van der Waals surface area contributed by atoms with Gasteiger partial charge in [-0.1, -0.05) is 25.1 Å². The molecule has 4 rings (SSSR count). The SMILES string of the molecule is COc1ccc2cc(C(=O)[C@]3(C)CCCN(CC4CC4)C3)ccc2c1. The Kier molecular flexibility index (Phi) is 4.28. The molecule has 2 aliphatic rings. The zero-order valence-corrected chi connectivity index (χ0v) is 15.3. The van der Waals surface area contributed by atoms with E-state index in [9.17, 15) is 4.79 Å². The quantitative estimate of drug-likeness (QED) is 0.750. The lowest BCUT2D eigenvalue weighted by Crippen LogP contribution is -2.46. The van der Waals surface area contributed by atoms with Gasteiger partial charge < -0.3 is 9.64 Å². The van der Waals surface area contributed by atoms with Gasteiger partial charge in [0.05, 0.1) is 7.11 Å². The van der Waals surface area contributed by atoms with Gasteiger partial charge in [0.1, 0.15) is 5.75 Å². The molecular weight excluding hydrogens is 310 g/mol. The Labute approximate surface area is 150 Å². The number of methoxy groups -OCH3 is 1. The fourth-order valence-corrected chi connectivity index (χ4v) is 4.19. The number of likely N-dealkylation sites (tertiary alicyclic amines) is 1. The number of hydrogen-bond donors (Lipinski definition) is 0. The molecule has 0 bridgehead atoms. The van der Waals surface area contributed by atoms with Gasteiger partial charge in [-0.3, -0.25) is 4.79 Å². The van der Waals surface area contributed by atoms with Crippen LogP contribution in [0, 0.1) is 11.3 Å². The number of carbonyl (C=O) groups is 1. The third-order valence-electron chi connectivity index (χ3n) is 5.85. The first kappa shape index (κ1) is 16.6. The molecular formula is C22H27NO2. The third kappa shape index (κ3) is 3.43. The molecule has 1 aliphatic heterocycles. The molecule has 0 amide bonds. The minimum Gasteiger partial charge on any atom is -0.497 e.